The van der Waals surface area contributed by atoms with E-state index in [1.807, 2.05) is 24.3 Å². The van der Waals surface area contributed by atoms with Gasteiger partial charge in [-0.3, -0.25) is 19.4 Å². The normalized spacial score (nSPS) is 16.4. The highest BCUT2D eigenvalue weighted by Gasteiger charge is 2.41. The number of nitrogens with one attached hydrogen (secondary N) is 2. The molecular weight excluding hydrogens is 454 g/mol. The molecule has 3 amide bonds. The van der Waals surface area contributed by atoms with Crippen molar-refractivity contribution in [2.24, 2.45) is 9.98 Å². The van der Waals surface area contributed by atoms with Crippen LogP contribution >= 0.6 is 11.8 Å². The Morgan fingerprint density at radius 2 is 2.00 bits per heavy atom. The Hall–Kier alpha value is -3.40. The number of carbonyl (C=O) groups excluding carboxylic acids is 3. The van der Waals surface area contributed by atoms with Crippen molar-refractivity contribution in [1.29, 1.82) is 0 Å². The summed E-state index contributed by atoms with van der Waals surface area (Å²) in [5.74, 6) is 0.756. The summed E-state index contributed by atoms with van der Waals surface area (Å²) in [4.78, 5) is 48.5. The van der Waals surface area contributed by atoms with Crippen LogP contribution < -0.4 is 10.6 Å². The molecule has 1 aromatic heterocycles. The van der Waals surface area contributed by atoms with Crippen molar-refractivity contribution in [3.05, 3.63) is 54.0 Å². The number of unbranched alkanes of at least 4 members (excludes halogenated alkanes) is 1. The molecule has 4 rings (SSSR count). The summed E-state index contributed by atoms with van der Waals surface area (Å²) in [6.45, 7) is 2.99. The zero-order chi connectivity index (χ0) is 23.9. The first-order valence-electron chi connectivity index (χ1n) is 11.3. The van der Waals surface area contributed by atoms with Crippen LogP contribution in [0, 0.1) is 0 Å². The van der Waals surface area contributed by atoms with Gasteiger partial charge in [-0.05, 0) is 37.1 Å². The summed E-state index contributed by atoms with van der Waals surface area (Å²) >= 11 is 1.18. The number of thioether (sulfide) groups is 1. The molecule has 0 saturated heterocycles. The number of para-hydroxylation sites is 1. The van der Waals surface area contributed by atoms with Crippen LogP contribution in [0.3, 0.4) is 0 Å². The van der Waals surface area contributed by atoms with E-state index in [-0.39, 0.29) is 29.9 Å². The average Bonchev–Trinajstić information content (AvgIpc) is 3.48. The van der Waals surface area contributed by atoms with Crippen LogP contribution in [-0.4, -0.2) is 52.0 Å². The number of furan rings is 1. The van der Waals surface area contributed by atoms with Crippen LogP contribution in [0.1, 0.15) is 43.9 Å². The van der Waals surface area contributed by atoms with Gasteiger partial charge in [0.05, 0.1) is 24.2 Å². The highest BCUT2D eigenvalue weighted by Crippen LogP contribution is 2.34. The Labute approximate surface area is 202 Å². The van der Waals surface area contributed by atoms with Crippen molar-refractivity contribution in [3.63, 3.8) is 0 Å². The van der Waals surface area contributed by atoms with Crippen LogP contribution in [0.2, 0.25) is 0 Å². The molecule has 2 aromatic rings. The van der Waals surface area contributed by atoms with E-state index < -0.39 is 6.04 Å². The Morgan fingerprint density at radius 3 is 2.79 bits per heavy atom. The monoisotopic (exact) mass is 481 g/mol. The molecule has 0 radical (unpaired) electrons. The van der Waals surface area contributed by atoms with Crippen LogP contribution in [-0.2, 0) is 20.9 Å². The van der Waals surface area contributed by atoms with Crippen LogP contribution in [0.25, 0.3) is 0 Å². The first-order chi connectivity index (χ1) is 16.6. The molecule has 3 heterocycles. The van der Waals surface area contributed by atoms with Gasteiger partial charge in [0.15, 0.2) is 5.17 Å². The molecule has 0 aliphatic carbocycles. The number of rotatable bonds is 10. The summed E-state index contributed by atoms with van der Waals surface area (Å²) in [5.41, 5.74) is 1.46. The second kappa shape index (κ2) is 11.1. The third kappa shape index (κ3) is 5.56. The van der Waals surface area contributed by atoms with E-state index >= 15 is 0 Å². The van der Waals surface area contributed by atoms with Gasteiger partial charge < -0.3 is 15.1 Å². The van der Waals surface area contributed by atoms with Gasteiger partial charge in [-0.25, -0.2) is 9.89 Å². The Kier molecular flexibility index (Phi) is 7.79. The second-order valence-corrected chi connectivity index (χ2v) is 8.88. The summed E-state index contributed by atoms with van der Waals surface area (Å²) in [6.07, 6.45) is 4.02. The van der Waals surface area contributed by atoms with E-state index in [0.717, 1.165) is 18.4 Å². The van der Waals surface area contributed by atoms with E-state index in [2.05, 4.69) is 27.5 Å². The Bertz CT molecular complexity index is 1110. The SMILES string of the molecule is CCCCNC(=O)CCC1N=C2c3ccccc3N=C(SCC(=O)NCc3ccco3)N2C1=O. The zero-order valence-electron chi connectivity index (χ0n) is 19.0. The number of carbonyl (C=O) groups is 3. The summed E-state index contributed by atoms with van der Waals surface area (Å²) in [6, 6.07) is 10.3. The van der Waals surface area contributed by atoms with E-state index in [1.165, 1.54) is 16.7 Å². The Morgan fingerprint density at radius 1 is 1.15 bits per heavy atom. The molecule has 34 heavy (non-hydrogen) atoms. The minimum atomic E-state index is -0.656. The lowest BCUT2D eigenvalue weighted by atomic mass is 10.1. The maximum Gasteiger partial charge on any atom is 0.259 e. The fourth-order valence-electron chi connectivity index (χ4n) is 3.63. The largest absolute Gasteiger partial charge is 0.467 e. The van der Waals surface area contributed by atoms with E-state index in [0.29, 0.717) is 42.0 Å². The van der Waals surface area contributed by atoms with Gasteiger partial charge in [0.1, 0.15) is 17.6 Å². The number of amidine groups is 2. The van der Waals surface area contributed by atoms with Crippen molar-refractivity contribution in [3.8, 4) is 0 Å². The minimum absolute atomic E-state index is 0.0804. The summed E-state index contributed by atoms with van der Waals surface area (Å²) in [7, 11) is 0. The highest BCUT2D eigenvalue weighted by atomic mass is 32.2. The summed E-state index contributed by atoms with van der Waals surface area (Å²) in [5, 5.41) is 6.07. The fourth-order valence-corrected chi connectivity index (χ4v) is 4.46. The number of hydrogen-bond acceptors (Lipinski definition) is 7. The summed E-state index contributed by atoms with van der Waals surface area (Å²) < 4.78 is 5.22. The molecule has 1 unspecified atom stereocenters. The highest BCUT2D eigenvalue weighted by molar-refractivity contribution is 8.14. The van der Waals surface area contributed by atoms with Gasteiger partial charge in [-0.15, -0.1) is 0 Å². The molecule has 0 fully saturated rings. The number of benzene rings is 1. The quantitative estimate of drug-likeness (QED) is 0.506. The van der Waals surface area contributed by atoms with Gasteiger partial charge in [-0.1, -0.05) is 37.2 Å². The van der Waals surface area contributed by atoms with E-state index in [4.69, 9.17) is 4.42 Å². The molecule has 0 spiro atoms. The number of nitrogens with zero attached hydrogens (tertiary/aromatic N) is 3. The standard InChI is InChI=1S/C24H27N5O4S/c1-2-3-12-25-20(30)11-10-19-23(32)29-22(27-19)17-8-4-5-9-18(17)28-24(29)34-15-21(31)26-14-16-7-6-13-33-16/h4-9,13,19H,2-3,10-12,14-15H2,1H3,(H,25,30)(H,26,31). The van der Waals surface area contributed by atoms with Gasteiger partial charge >= 0.3 is 0 Å². The minimum Gasteiger partial charge on any atom is -0.467 e. The van der Waals surface area contributed by atoms with Crippen molar-refractivity contribution in [2.45, 2.75) is 45.2 Å². The molecule has 1 atom stereocenters. The van der Waals surface area contributed by atoms with Gasteiger partial charge in [-0.2, -0.15) is 0 Å². The number of fused-ring (bicyclic) bond motifs is 3. The lowest BCUT2D eigenvalue weighted by molar-refractivity contribution is -0.125. The molecule has 9 nitrogen and oxygen atoms in total. The number of hydrogen-bond donors (Lipinski definition) is 2. The Balaban J connectivity index is 1.42. The van der Waals surface area contributed by atoms with Crippen molar-refractivity contribution in [2.75, 3.05) is 12.3 Å². The molecule has 0 saturated carbocycles. The average molecular weight is 482 g/mol. The van der Waals surface area contributed by atoms with Crippen molar-refractivity contribution < 1.29 is 18.8 Å². The lowest BCUT2D eigenvalue weighted by Gasteiger charge is -2.25. The van der Waals surface area contributed by atoms with E-state index in [1.54, 1.807) is 18.4 Å². The molecule has 2 N–H and O–H groups in total. The topological polar surface area (TPSA) is 116 Å². The number of amides is 3. The second-order valence-electron chi connectivity index (χ2n) is 7.94. The van der Waals surface area contributed by atoms with Crippen LogP contribution in [0.4, 0.5) is 5.69 Å². The van der Waals surface area contributed by atoms with E-state index in [9.17, 15) is 14.4 Å². The molecule has 0 bridgehead atoms. The number of aliphatic imine (C=N–C) groups is 2. The fraction of sp³-hybridized carbons (Fsp3) is 0.375. The smallest absolute Gasteiger partial charge is 0.259 e. The van der Waals surface area contributed by atoms with Gasteiger partial charge in [0, 0.05) is 18.5 Å². The van der Waals surface area contributed by atoms with Gasteiger partial charge in [0.2, 0.25) is 11.8 Å². The maximum atomic E-state index is 13.2. The van der Waals surface area contributed by atoms with Crippen LogP contribution in [0.5, 0.6) is 0 Å². The molecule has 1 aromatic carbocycles. The first-order valence-corrected chi connectivity index (χ1v) is 12.3. The molecular formula is C24H27N5O4S. The molecule has 10 heteroatoms. The van der Waals surface area contributed by atoms with Crippen molar-refractivity contribution >= 4 is 46.2 Å². The third-order valence-electron chi connectivity index (χ3n) is 5.42. The predicted octanol–water partition coefficient (Wildman–Crippen LogP) is 2.98. The predicted molar refractivity (Wildman–Crippen MR) is 131 cm³/mol. The lowest BCUT2D eigenvalue weighted by Crippen LogP contribution is -2.41. The third-order valence-corrected chi connectivity index (χ3v) is 6.36. The molecule has 178 valence electrons. The maximum absolute atomic E-state index is 13.2. The first kappa shape index (κ1) is 23.7. The van der Waals surface area contributed by atoms with Crippen LogP contribution in [0.15, 0.2) is 57.1 Å². The molecule has 2 aliphatic heterocycles. The van der Waals surface area contributed by atoms with Gasteiger partial charge in [0.25, 0.3) is 5.91 Å². The van der Waals surface area contributed by atoms with Crippen molar-refractivity contribution in [1.82, 2.24) is 15.5 Å². The molecule has 2 aliphatic rings. The zero-order valence-corrected chi connectivity index (χ0v) is 19.8.